The van der Waals surface area contributed by atoms with Crippen LogP contribution in [0.5, 0.6) is 0 Å². The molecule has 0 radical (unpaired) electrons. The lowest BCUT2D eigenvalue weighted by Crippen LogP contribution is -2.56. The van der Waals surface area contributed by atoms with Crippen molar-refractivity contribution in [2.75, 3.05) is 0 Å². The maximum Gasteiger partial charge on any atom is 0.325 e. The van der Waals surface area contributed by atoms with Gasteiger partial charge in [0.2, 0.25) is 17.7 Å². The van der Waals surface area contributed by atoms with E-state index in [9.17, 15) is 24.3 Å². The summed E-state index contributed by atoms with van der Waals surface area (Å²) in [6.45, 7) is 2.83. The fraction of sp³-hybridized carbons (Fsp3) is 0.286. The van der Waals surface area contributed by atoms with Crippen molar-refractivity contribution in [2.45, 2.75) is 50.9 Å². The molecule has 204 valence electrons. The first-order chi connectivity index (χ1) is 18.6. The Morgan fingerprint density at radius 3 is 1.82 bits per heavy atom. The number of hydrogen-bond acceptors (Lipinski definition) is 5. The van der Waals surface area contributed by atoms with Crippen LogP contribution in [0.3, 0.4) is 0 Å². The Morgan fingerprint density at radius 1 is 0.744 bits per heavy atom. The van der Waals surface area contributed by atoms with E-state index in [0.29, 0.717) is 0 Å². The largest absolute Gasteiger partial charge is 0.480 e. The molecule has 11 nitrogen and oxygen atoms in total. The second-order valence-corrected chi connectivity index (χ2v) is 9.59. The normalized spacial score (nSPS) is 14.3. The van der Waals surface area contributed by atoms with Crippen molar-refractivity contribution in [1.29, 1.82) is 0 Å². The van der Waals surface area contributed by atoms with Gasteiger partial charge in [-0.05, 0) is 43.5 Å². The van der Waals surface area contributed by atoms with Gasteiger partial charge in [-0.15, -0.1) is 0 Å². The lowest BCUT2D eigenvalue weighted by atomic mass is 10.0. The number of nitrogens with two attached hydrogens (primary N) is 1. The van der Waals surface area contributed by atoms with E-state index in [-0.39, 0.29) is 12.8 Å². The highest BCUT2D eigenvalue weighted by molar-refractivity contribution is 5.95. The van der Waals surface area contributed by atoms with Gasteiger partial charge in [-0.3, -0.25) is 19.2 Å². The number of carbonyl (C=O) groups excluding carboxylic acids is 3. The number of amides is 3. The topological polar surface area (TPSA) is 182 Å². The molecule has 11 heteroatoms. The van der Waals surface area contributed by atoms with Gasteiger partial charge in [0.15, 0.2) is 0 Å². The molecule has 4 aromatic rings. The average molecular weight is 533 g/mol. The smallest absolute Gasteiger partial charge is 0.325 e. The first-order valence-corrected chi connectivity index (χ1v) is 12.6. The van der Waals surface area contributed by atoms with Crippen LogP contribution in [-0.4, -0.2) is 62.9 Å². The third kappa shape index (κ3) is 6.44. The van der Waals surface area contributed by atoms with Crippen molar-refractivity contribution >= 4 is 45.5 Å². The average Bonchev–Trinajstić information content (AvgIpc) is 3.52. The summed E-state index contributed by atoms with van der Waals surface area (Å²) < 4.78 is 0. The summed E-state index contributed by atoms with van der Waals surface area (Å²) in [6.07, 6.45) is 3.92. The third-order valence-corrected chi connectivity index (χ3v) is 6.66. The maximum atomic E-state index is 13.0. The number of carboxylic acid groups (broad SMARTS) is 1. The molecule has 0 aliphatic heterocycles. The van der Waals surface area contributed by atoms with E-state index < -0.39 is 47.9 Å². The summed E-state index contributed by atoms with van der Waals surface area (Å²) in [6, 6.07) is 11.0. The van der Waals surface area contributed by atoms with Crippen LogP contribution in [0.15, 0.2) is 60.9 Å². The Bertz CT molecular complexity index is 1510. The minimum atomic E-state index is -1.20. The summed E-state index contributed by atoms with van der Waals surface area (Å²) in [7, 11) is 0. The highest BCUT2D eigenvalue weighted by Gasteiger charge is 2.28. The summed E-state index contributed by atoms with van der Waals surface area (Å²) >= 11 is 0. The van der Waals surface area contributed by atoms with Crippen LogP contribution in [0, 0.1) is 0 Å². The summed E-state index contributed by atoms with van der Waals surface area (Å²) in [4.78, 5) is 56.4. The Morgan fingerprint density at radius 2 is 1.26 bits per heavy atom. The van der Waals surface area contributed by atoms with Gasteiger partial charge in [0.25, 0.3) is 0 Å². The Hall–Kier alpha value is -4.64. The maximum absolute atomic E-state index is 13.0. The fourth-order valence-electron chi connectivity index (χ4n) is 4.42. The highest BCUT2D eigenvalue weighted by Crippen LogP contribution is 2.20. The molecule has 2 aromatic carbocycles. The molecule has 2 heterocycles. The number of carboxylic acids is 1. The van der Waals surface area contributed by atoms with Gasteiger partial charge in [-0.1, -0.05) is 36.4 Å². The van der Waals surface area contributed by atoms with Crippen LogP contribution in [0.2, 0.25) is 0 Å². The van der Waals surface area contributed by atoms with Gasteiger partial charge in [-0.25, -0.2) is 0 Å². The van der Waals surface area contributed by atoms with Crippen molar-refractivity contribution < 1.29 is 24.3 Å². The van der Waals surface area contributed by atoms with Gasteiger partial charge in [0, 0.05) is 40.6 Å². The first kappa shape index (κ1) is 27.4. The van der Waals surface area contributed by atoms with Gasteiger partial charge < -0.3 is 36.8 Å². The molecular formula is C28H32N6O5. The Kier molecular flexibility index (Phi) is 8.30. The zero-order valence-electron chi connectivity index (χ0n) is 21.7. The summed E-state index contributed by atoms with van der Waals surface area (Å²) in [5, 5.41) is 18.7. The molecule has 4 atom stereocenters. The van der Waals surface area contributed by atoms with E-state index in [0.717, 1.165) is 32.9 Å². The lowest BCUT2D eigenvalue weighted by Gasteiger charge is -2.23. The van der Waals surface area contributed by atoms with Crippen LogP contribution in [0.1, 0.15) is 25.0 Å². The number of aromatic amines is 2. The molecule has 3 amide bonds. The number of H-pyrrole nitrogens is 2. The van der Waals surface area contributed by atoms with Gasteiger partial charge >= 0.3 is 5.97 Å². The number of aromatic nitrogens is 2. The van der Waals surface area contributed by atoms with Crippen LogP contribution < -0.4 is 21.7 Å². The van der Waals surface area contributed by atoms with Crippen molar-refractivity contribution in [3.8, 4) is 0 Å². The number of hydrogen-bond donors (Lipinski definition) is 7. The quantitative estimate of drug-likeness (QED) is 0.153. The van der Waals surface area contributed by atoms with Gasteiger partial charge in [-0.2, -0.15) is 0 Å². The van der Waals surface area contributed by atoms with Crippen LogP contribution >= 0.6 is 0 Å². The number of rotatable bonds is 11. The Balaban J connectivity index is 1.42. The fourth-order valence-corrected chi connectivity index (χ4v) is 4.42. The molecule has 0 saturated carbocycles. The summed E-state index contributed by atoms with van der Waals surface area (Å²) in [5.41, 5.74) is 9.59. The molecular weight excluding hydrogens is 500 g/mol. The molecule has 0 spiro atoms. The number of para-hydroxylation sites is 2. The minimum absolute atomic E-state index is 0.106. The minimum Gasteiger partial charge on any atom is -0.480 e. The van der Waals surface area contributed by atoms with E-state index >= 15 is 0 Å². The number of benzene rings is 2. The van der Waals surface area contributed by atoms with E-state index in [1.165, 1.54) is 13.8 Å². The molecule has 0 bridgehead atoms. The highest BCUT2D eigenvalue weighted by atomic mass is 16.4. The standard InChI is InChI=1S/C28H32N6O5/c1-15(32-26(36)21(29)11-17-13-30-22-9-5-3-7-19(17)22)25(35)34-24(27(37)33-16(2)28(38)39)12-18-14-31-23-10-6-4-8-20(18)23/h3-10,13-16,21,24,30-31H,11-12,29H2,1-2H3,(H,32,36)(H,33,37)(H,34,35)(H,38,39). The second-order valence-electron chi connectivity index (χ2n) is 9.59. The molecule has 2 aromatic heterocycles. The van der Waals surface area contributed by atoms with Gasteiger partial charge in [0.05, 0.1) is 6.04 Å². The molecule has 8 N–H and O–H groups in total. The molecule has 0 aliphatic rings. The predicted molar refractivity (Wildman–Crippen MR) is 147 cm³/mol. The van der Waals surface area contributed by atoms with E-state index in [1.54, 1.807) is 12.4 Å². The van der Waals surface area contributed by atoms with Crippen molar-refractivity contribution in [3.63, 3.8) is 0 Å². The molecule has 0 saturated heterocycles. The van der Waals surface area contributed by atoms with Crippen LogP contribution in [-0.2, 0) is 32.0 Å². The third-order valence-electron chi connectivity index (χ3n) is 6.66. The summed E-state index contributed by atoms with van der Waals surface area (Å²) in [5.74, 6) is -2.98. The predicted octanol–water partition coefficient (Wildman–Crippen LogP) is 1.34. The monoisotopic (exact) mass is 532 g/mol. The SMILES string of the molecule is CC(NC(=O)C(Cc1c[nH]c2ccccc12)NC(=O)C(C)NC(=O)C(N)Cc1c[nH]c2ccccc12)C(=O)O. The molecule has 39 heavy (non-hydrogen) atoms. The molecule has 0 fully saturated rings. The number of nitrogens with one attached hydrogen (secondary N) is 5. The second kappa shape index (κ2) is 11.8. The number of aliphatic carboxylic acids is 1. The zero-order chi connectivity index (χ0) is 28.1. The molecule has 4 rings (SSSR count). The zero-order valence-corrected chi connectivity index (χ0v) is 21.7. The van der Waals surface area contributed by atoms with E-state index in [4.69, 9.17) is 5.73 Å². The van der Waals surface area contributed by atoms with Crippen molar-refractivity contribution in [2.24, 2.45) is 5.73 Å². The van der Waals surface area contributed by atoms with Crippen molar-refractivity contribution in [1.82, 2.24) is 25.9 Å². The van der Waals surface area contributed by atoms with Crippen LogP contribution in [0.25, 0.3) is 21.8 Å². The number of carbonyl (C=O) groups is 4. The lowest BCUT2D eigenvalue weighted by molar-refractivity contribution is -0.141. The van der Waals surface area contributed by atoms with Crippen LogP contribution in [0.4, 0.5) is 0 Å². The molecule has 0 aliphatic carbocycles. The van der Waals surface area contributed by atoms with E-state index in [2.05, 4.69) is 25.9 Å². The first-order valence-electron chi connectivity index (χ1n) is 12.6. The van der Waals surface area contributed by atoms with Crippen molar-refractivity contribution in [3.05, 3.63) is 72.1 Å². The van der Waals surface area contributed by atoms with E-state index in [1.807, 2.05) is 48.5 Å². The Labute approximate surface area is 224 Å². The number of fused-ring (bicyclic) bond motifs is 2. The molecule has 4 unspecified atom stereocenters. The van der Waals surface area contributed by atoms with Gasteiger partial charge in [0.1, 0.15) is 18.1 Å².